The molecule has 0 amide bonds. The lowest BCUT2D eigenvalue weighted by molar-refractivity contribution is -0.950. The van der Waals surface area contributed by atoms with Gasteiger partial charge >= 0.3 is 0 Å². The molecule has 1 fully saturated rings. The number of rotatable bonds is 13. The predicted molar refractivity (Wildman–Crippen MR) is 154 cm³/mol. The van der Waals surface area contributed by atoms with Gasteiger partial charge in [-0.1, -0.05) is 83.5 Å². The van der Waals surface area contributed by atoms with Crippen molar-refractivity contribution in [1.29, 1.82) is 0 Å². The first-order valence-corrected chi connectivity index (χ1v) is 14.3. The van der Waals surface area contributed by atoms with Gasteiger partial charge in [-0.15, -0.1) is 0 Å². The molecular weight excluding hydrogens is 458 g/mol. The van der Waals surface area contributed by atoms with Crippen molar-refractivity contribution in [3.63, 3.8) is 0 Å². The van der Waals surface area contributed by atoms with Crippen molar-refractivity contribution in [3.8, 4) is 5.75 Å². The van der Waals surface area contributed by atoms with Crippen molar-refractivity contribution < 1.29 is 19.1 Å². The van der Waals surface area contributed by atoms with Crippen molar-refractivity contribution >= 4 is 0 Å². The van der Waals surface area contributed by atoms with Gasteiger partial charge in [0.05, 0.1) is 26.3 Å². The zero-order valence-corrected chi connectivity index (χ0v) is 24.3. The number of aliphatic hydroxyl groups is 1. The Kier molecular flexibility index (Phi) is 10.6. The largest absolute Gasteiger partial charge is 0.491 e. The Hall–Kier alpha value is -1.88. The zero-order valence-electron chi connectivity index (χ0n) is 24.3. The Morgan fingerprint density at radius 1 is 0.892 bits per heavy atom. The van der Waals surface area contributed by atoms with E-state index in [0.717, 1.165) is 23.2 Å². The van der Waals surface area contributed by atoms with Crippen LogP contribution >= 0.6 is 0 Å². The van der Waals surface area contributed by atoms with E-state index < -0.39 is 6.10 Å². The standard InChI is InChI=1S/C33H52NO3/c1-32(2,3)26-33(4,5)28-17-19-31(20-18-28)37-22-21-36-25-30(35)24-34(6,29-15-11-8-12-16-29)23-27-13-9-7-10-14-27/h7,9-10,13-14,17-20,29-30,35H,8,11-12,15-16,21-26H2,1-6H3/q+1/t30-,34-/m1/s1. The molecule has 206 valence electrons. The van der Waals surface area contributed by atoms with E-state index in [9.17, 15) is 5.11 Å². The number of hydrogen-bond donors (Lipinski definition) is 1. The third kappa shape index (κ3) is 9.74. The Labute approximate surface area is 226 Å². The molecule has 0 bridgehead atoms. The minimum absolute atomic E-state index is 0.126. The Morgan fingerprint density at radius 2 is 1.54 bits per heavy atom. The Morgan fingerprint density at radius 3 is 2.16 bits per heavy atom. The summed E-state index contributed by atoms with van der Waals surface area (Å²) >= 11 is 0. The number of quaternary nitrogens is 1. The normalized spacial score (nSPS) is 17.8. The second-order valence-corrected chi connectivity index (χ2v) is 13.3. The highest BCUT2D eigenvalue weighted by Gasteiger charge is 2.36. The quantitative estimate of drug-likeness (QED) is 0.230. The maximum atomic E-state index is 10.9. The first-order valence-electron chi connectivity index (χ1n) is 14.3. The van der Waals surface area contributed by atoms with E-state index in [1.54, 1.807) is 0 Å². The molecule has 0 heterocycles. The second-order valence-electron chi connectivity index (χ2n) is 13.3. The van der Waals surface area contributed by atoms with Crippen LogP contribution in [0.4, 0.5) is 0 Å². The number of ether oxygens (including phenoxy) is 2. The molecular formula is C33H52NO3+. The molecule has 2 atom stereocenters. The van der Waals surface area contributed by atoms with Crippen LogP contribution in [-0.2, 0) is 16.7 Å². The van der Waals surface area contributed by atoms with Crippen molar-refractivity contribution in [2.75, 3.05) is 33.4 Å². The summed E-state index contributed by atoms with van der Waals surface area (Å²) in [5.41, 5.74) is 3.09. The molecule has 0 radical (unpaired) electrons. The Bertz CT molecular complexity index is 913. The third-order valence-corrected chi connectivity index (χ3v) is 7.89. The highest BCUT2D eigenvalue weighted by Crippen LogP contribution is 2.36. The number of likely N-dealkylation sites (N-methyl/N-ethyl adjacent to an activating group) is 1. The smallest absolute Gasteiger partial charge is 0.126 e. The van der Waals surface area contributed by atoms with E-state index in [1.807, 2.05) is 0 Å². The zero-order chi connectivity index (χ0) is 26.9. The topological polar surface area (TPSA) is 38.7 Å². The van der Waals surface area contributed by atoms with E-state index in [-0.39, 0.29) is 10.8 Å². The van der Waals surface area contributed by atoms with Gasteiger partial charge in [-0.2, -0.15) is 0 Å². The van der Waals surface area contributed by atoms with Crippen LogP contribution in [0.1, 0.15) is 84.3 Å². The highest BCUT2D eigenvalue weighted by atomic mass is 16.5. The van der Waals surface area contributed by atoms with Crippen LogP contribution < -0.4 is 4.74 Å². The molecule has 0 saturated heterocycles. The second kappa shape index (κ2) is 13.3. The summed E-state index contributed by atoms with van der Waals surface area (Å²) in [4.78, 5) is 0. The third-order valence-electron chi connectivity index (χ3n) is 7.89. The molecule has 0 aromatic heterocycles. The number of aliphatic hydroxyl groups excluding tert-OH is 1. The number of benzene rings is 2. The fourth-order valence-corrected chi connectivity index (χ4v) is 6.45. The molecule has 37 heavy (non-hydrogen) atoms. The fourth-order valence-electron chi connectivity index (χ4n) is 6.45. The SMILES string of the molecule is CC(C)(C)CC(C)(C)c1ccc(OCCOC[C@H](O)C[N@@+](C)(Cc2ccccc2)C2CCCCC2)cc1. The maximum Gasteiger partial charge on any atom is 0.126 e. The Balaban J connectivity index is 1.44. The first-order chi connectivity index (χ1) is 17.5. The lowest BCUT2D eigenvalue weighted by Gasteiger charge is -2.44. The number of hydrogen-bond acceptors (Lipinski definition) is 3. The van der Waals surface area contributed by atoms with Gasteiger partial charge in [0.2, 0.25) is 0 Å². The molecule has 4 heteroatoms. The molecule has 4 nitrogen and oxygen atoms in total. The van der Waals surface area contributed by atoms with Crippen LogP contribution in [0.5, 0.6) is 5.75 Å². The van der Waals surface area contributed by atoms with Crippen molar-refractivity contribution in [2.24, 2.45) is 5.41 Å². The van der Waals surface area contributed by atoms with Gasteiger partial charge < -0.3 is 19.1 Å². The van der Waals surface area contributed by atoms with Crippen LogP contribution in [0, 0.1) is 5.41 Å². The highest BCUT2D eigenvalue weighted by molar-refractivity contribution is 5.31. The lowest BCUT2D eigenvalue weighted by Crippen LogP contribution is -2.56. The van der Waals surface area contributed by atoms with Gasteiger partial charge in [0.15, 0.2) is 0 Å². The van der Waals surface area contributed by atoms with Gasteiger partial charge in [-0.05, 0) is 60.6 Å². The van der Waals surface area contributed by atoms with Crippen LogP contribution in [0.2, 0.25) is 0 Å². The van der Waals surface area contributed by atoms with E-state index in [1.165, 1.54) is 43.2 Å². The van der Waals surface area contributed by atoms with Crippen LogP contribution in [0.25, 0.3) is 0 Å². The minimum Gasteiger partial charge on any atom is -0.491 e. The van der Waals surface area contributed by atoms with Crippen molar-refractivity contribution in [1.82, 2.24) is 0 Å². The van der Waals surface area contributed by atoms with Crippen molar-refractivity contribution in [2.45, 2.75) is 97.2 Å². The summed E-state index contributed by atoms with van der Waals surface area (Å²) in [6, 6.07) is 19.8. The van der Waals surface area contributed by atoms with E-state index in [0.29, 0.717) is 32.4 Å². The van der Waals surface area contributed by atoms with Gasteiger partial charge in [-0.3, -0.25) is 0 Å². The molecule has 2 aromatic rings. The first kappa shape index (κ1) is 29.7. The van der Waals surface area contributed by atoms with Gasteiger partial charge in [0, 0.05) is 5.56 Å². The maximum absolute atomic E-state index is 10.9. The van der Waals surface area contributed by atoms with Crippen LogP contribution in [0.3, 0.4) is 0 Å². The number of nitrogens with zero attached hydrogens (tertiary/aromatic N) is 1. The van der Waals surface area contributed by atoms with Crippen LogP contribution in [0.15, 0.2) is 54.6 Å². The fraction of sp³-hybridized carbons (Fsp3) is 0.636. The summed E-state index contributed by atoms with van der Waals surface area (Å²) in [5, 5.41) is 10.9. The molecule has 1 saturated carbocycles. The predicted octanol–water partition coefficient (Wildman–Crippen LogP) is 7.14. The molecule has 0 spiro atoms. The van der Waals surface area contributed by atoms with Gasteiger partial charge in [-0.25, -0.2) is 0 Å². The summed E-state index contributed by atoms with van der Waals surface area (Å²) in [5.74, 6) is 0.865. The van der Waals surface area contributed by atoms with Gasteiger partial charge in [0.1, 0.15) is 31.5 Å². The molecule has 1 aliphatic carbocycles. The van der Waals surface area contributed by atoms with Crippen LogP contribution in [-0.4, -0.2) is 55.1 Å². The minimum atomic E-state index is -0.486. The molecule has 1 aliphatic rings. The van der Waals surface area contributed by atoms with E-state index >= 15 is 0 Å². The van der Waals surface area contributed by atoms with Gasteiger partial charge in [0.25, 0.3) is 0 Å². The van der Waals surface area contributed by atoms with E-state index in [2.05, 4.69) is 96.3 Å². The summed E-state index contributed by atoms with van der Waals surface area (Å²) in [7, 11) is 2.32. The summed E-state index contributed by atoms with van der Waals surface area (Å²) in [6.07, 6.45) is 7.07. The monoisotopic (exact) mass is 510 g/mol. The molecule has 3 rings (SSSR count). The molecule has 0 aliphatic heterocycles. The lowest BCUT2D eigenvalue weighted by atomic mass is 9.72. The molecule has 2 aromatic carbocycles. The van der Waals surface area contributed by atoms with E-state index in [4.69, 9.17) is 9.47 Å². The molecule has 1 N–H and O–H groups in total. The average molecular weight is 511 g/mol. The summed E-state index contributed by atoms with van der Waals surface area (Å²) in [6.45, 7) is 14.5. The van der Waals surface area contributed by atoms with Crippen molar-refractivity contribution in [3.05, 3.63) is 65.7 Å². The molecule has 0 unspecified atom stereocenters. The average Bonchev–Trinajstić information content (AvgIpc) is 2.84. The summed E-state index contributed by atoms with van der Waals surface area (Å²) < 4.78 is 12.6.